The van der Waals surface area contributed by atoms with Gasteiger partial charge in [0.15, 0.2) is 11.5 Å². The number of ether oxygens (including phenoxy) is 3. The van der Waals surface area contributed by atoms with Gasteiger partial charge < -0.3 is 19.3 Å². The largest absolute Gasteiger partial charge is 0.493 e. The smallest absolute Gasteiger partial charge is 0.230 e. The summed E-state index contributed by atoms with van der Waals surface area (Å²) in [5, 5.41) is 15.6. The molecule has 1 fully saturated rings. The van der Waals surface area contributed by atoms with Gasteiger partial charge in [-0.05, 0) is 68.5 Å². The van der Waals surface area contributed by atoms with E-state index in [1.165, 1.54) is 21.4 Å². The van der Waals surface area contributed by atoms with Crippen LogP contribution in [0.15, 0.2) is 42.5 Å². The molecule has 0 radical (unpaired) electrons. The molecule has 1 aliphatic heterocycles. The number of methoxy groups -OCH3 is 3. The molecule has 1 aliphatic rings. The molecule has 3 heterocycles. The monoisotopic (exact) mass is 508 g/mol. The topological polar surface area (TPSA) is 81.4 Å². The van der Waals surface area contributed by atoms with Crippen LogP contribution in [-0.2, 0) is 6.42 Å². The van der Waals surface area contributed by atoms with Crippen molar-refractivity contribution < 1.29 is 19.3 Å². The average molecular weight is 509 g/mol. The summed E-state index contributed by atoms with van der Waals surface area (Å²) in [5.41, 5.74) is 2.35. The Balaban J connectivity index is 1.51. The Hall–Kier alpha value is -3.30. The quantitative estimate of drug-likeness (QED) is 0.363. The number of benzene rings is 2. The number of nitrogens with zero attached hydrogens (tertiary/aromatic N) is 4. The van der Waals surface area contributed by atoms with Crippen molar-refractivity contribution in [2.24, 2.45) is 5.92 Å². The third-order valence-corrected chi connectivity index (χ3v) is 8.01. The number of aryl methyl sites for hydroxylation is 1. The number of piperidine rings is 1. The molecule has 1 saturated heterocycles. The van der Waals surface area contributed by atoms with E-state index in [2.05, 4.69) is 45.3 Å². The summed E-state index contributed by atoms with van der Waals surface area (Å²) in [5.74, 6) is 3.11. The third-order valence-electron chi connectivity index (χ3n) is 6.94. The highest BCUT2D eigenvalue weighted by atomic mass is 32.1. The van der Waals surface area contributed by atoms with E-state index in [0.717, 1.165) is 42.8 Å². The molecule has 2 aromatic heterocycles. The van der Waals surface area contributed by atoms with Crippen LogP contribution in [0.2, 0.25) is 0 Å². The second kappa shape index (κ2) is 10.4. The van der Waals surface area contributed by atoms with Crippen LogP contribution in [-0.4, -0.2) is 59.0 Å². The van der Waals surface area contributed by atoms with Gasteiger partial charge in [-0.25, -0.2) is 4.98 Å². The lowest BCUT2D eigenvalue weighted by molar-refractivity contribution is 0.150. The van der Waals surface area contributed by atoms with Crippen LogP contribution >= 0.6 is 11.3 Å². The summed E-state index contributed by atoms with van der Waals surface area (Å²) >= 11 is 1.47. The molecule has 1 N–H and O–H groups in total. The minimum atomic E-state index is -0.204. The molecule has 9 heteroatoms. The van der Waals surface area contributed by atoms with E-state index in [1.54, 1.807) is 21.3 Å². The van der Waals surface area contributed by atoms with Crippen molar-refractivity contribution in [3.63, 3.8) is 0 Å². The Morgan fingerprint density at radius 3 is 2.28 bits per heavy atom. The van der Waals surface area contributed by atoms with Gasteiger partial charge in [0.2, 0.25) is 16.6 Å². The maximum atomic E-state index is 11.2. The van der Waals surface area contributed by atoms with E-state index in [0.29, 0.717) is 34.0 Å². The fourth-order valence-corrected chi connectivity index (χ4v) is 6.34. The Morgan fingerprint density at radius 1 is 1.03 bits per heavy atom. The lowest BCUT2D eigenvalue weighted by Gasteiger charge is -2.37. The first-order chi connectivity index (χ1) is 17.5. The van der Waals surface area contributed by atoms with Crippen molar-refractivity contribution >= 4 is 16.3 Å². The van der Waals surface area contributed by atoms with E-state index in [-0.39, 0.29) is 11.9 Å². The summed E-state index contributed by atoms with van der Waals surface area (Å²) < 4.78 is 18.4. The molecule has 0 amide bonds. The summed E-state index contributed by atoms with van der Waals surface area (Å²) in [7, 11) is 4.84. The first-order valence-corrected chi connectivity index (χ1v) is 13.0. The van der Waals surface area contributed by atoms with Gasteiger partial charge in [0, 0.05) is 0 Å². The zero-order valence-corrected chi connectivity index (χ0v) is 21.9. The van der Waals surface area contributed by atoms with E-state index in [4.69, 9.17) is 14.2 Å². The van der Waals surface area contributed by atoms with E-state index in [9.17, 15) is 5.11 Å². The van der Waals surface area contributed by atoms with Crippen LogP contribution in [0.1, 0.15) is 40.7 Å². The van der Waals surface area contributed by atoms with Crippen molar-refractivity contribution in [3.8, 4) is 23.1 Å². The van der Waals surface area contributed by atoms with Gasteiger partial charge in [-0.15, -0.1) is 5.10 Å². The minimum Gasteiger partial charge on any atom is -0.493 e. The van der Waals surface area contributed by atoms with Crippen LogP contribution in [0.25, 0.3) is 4.96 Å². The Morgan fingerprint density at radius 2 is 1.69 bits per heavy atom. The van der Waals surface area contributed by atoms with E-state index >= 15 is 0 Å². The normalized spacial score (nSPS) is 15.8. The van der Waals surface area contributed by atoms with Crippen LogP contribution in [0.4, 0.5) is 0 Å². The Kier molecular flexibility index (Phi) is 7.02. The minimum absolute atomic E-state index is 0.126. The van der Waals surface area contributed by atoms with Gasteiger partial charge >= 0.3 is 0 Å². The molecular weight excluding hydrogens is 476 g/mol. The highest BCUT2D eigenvalue weighted by molar-refractivity contribution is 7.17. The van der Waals surface area contributed by atoms with Crippen molar-refractivity contribution in [2.75, 3.05) is 34.4 Å². The second-order valence-electron chi connectivity index (χ2n) is 9.17. The molecular formula is C27H32N4O4S. The summed E-state index contributed by atoms with van der Waals surface area (Å²) in [6, 6.07) is 14.4. The molecule has 0 bridgehead atoms. The second-order valence-corrected chi connectivity index (χ2v) is 10.2. The standard InChI is InChI=1S/C27H32N4O4S/c1-17-28-27-31(29-17)26(32)25(36-27)23(20-15-21(33-2)24(35-4)22(16-20)34-3)30-12-10-19(11-13-30)14-18-8-6-5-7-9-18/h5-9,15-16,19,23,32H,10-14H2,1-4H3/t23-/m1/s1. The lowest BCUT2D eigenvalue weighted by Crippen LogP contribution is -2.37. The summed E-state index contributed by atoms with van der Waals surface area (Å²) in [4.78, 5) is 8.41. The maximum absolute atomic E-state index is 11.2. The number of hydrogen-bond acceptors (Lipinski definition) is 8. The van der Waals surface area contributed by atoms with Crippen LogP contribution in [0.3, 0.4) is 0 Å². The molecule has 0 aliphatic carbocycles. The van der Waals surface area contributed by atoms with Crippen LogP contribution in [0, 0.1) is 12.8 Å². The van der Waals surface area contributed by atoms with Gasteiger partial charge in [0.05, 0.1) is 32.2 Å². The summed E-state index contributed by atoms with van der Waals surface area (Å²) in [6.07, 6.45) is 3.25. The van der Waals surface area contributed by atoms with Crippen LogP contribution in [0.5, 0.6) is 23.1 Å². The van der Waals surface area contributed by atoms with Gasteiger partial charge in [0.1, 0.15) is 5.82 Å². The number of aromatic hydroxyl groups is 1. The van der Waals surface area contributed by atoms with E-state index < -0.39 is 0 Å². The zero-order chi connectivity index (χ0) is 25.2. The lowest BCUT2D eigenvalue weighted by atomic mass is 9.88. The Labute approximate surface area is 215 Å². The first-order valence-electron chi connectivity index (χ1n) is 12.1. The molecule has 190 valence electrons. The van der Waals surface area contributed by atoms with E-state index in [1.807, 2.05) is 19.1 Å². The maximum Gasteiger partial charge on any atom is 0.230 e. The van der Waals surface area contributed by atoms with Crippen molar-refractivity contribution in [2.45, 2.75) is 32.2 Å². The van der Waals surface area contributed by atoms with Crippen molar-refractivity contribution in [1.29, 1.82) is 0 Å². The average Bonchev–Trinajstić information content (AvgIpc) is 3.41. The van der Waals surface area contributed by atoms with Crippen LogP contribution < -0.4 is 14.2 Å². The molecule has 0 unspecified atom stereocenters. The fraction of sp³-hybridized carbons (Fsp3) is 0.407. The molecule has 36 heavy (non-hydrogen) atoms. The van der Waals surface area contributed by atoms with Gasteiger partial charge in [-0.1, -0.05) is 41.7 Å². The Bertz CT molecular complexity index is 1300. The first kappa shape index (κ1) is 24.4. The SMILES string of the molecule is COc1cc([C@H](c2sc3nc(C)nn3c2O)N2CCC(Cc3ccccc3)CC2)cc(OC)c1OC. The molecule has 0 saturated carbocycles. The molecule has 8 nitrogen and oxygen atoms in total. The number of fused-ring (bicyclic) bond motifs is 1. The number of hydrogen-bond donors (Lipinski definition) is 1. The summed E-state index contributed by atoms with van der Waals surface area (Å²) in [6.45, 7) is 3.64. The number of likely N-dealkylation sites (tertiary alicyclic amines) is 1. The van der Waals surface area contributed by atoms with Gasteiger partial charge in [-0.3, -0.25) is 4.90 Å². The number of thiazole rings is 1. The molecule has 4 aromatic rings. The molecule has 2 aromatic carbocycles. The van der Waals surface area contributed by atoms with Crippen molar-refractivity contribution in [1.82, 2.24) is 19.5 Å². The fourth-order valence-electron chi connectivity index (χ4n) is 5.18. The van der Waals surface area contributed by atoms with Crippen molar-refractivity contribution in [3.05, 3.63) is 64.3 Å². The highest BCUT2D eigenvalue weighted by Gasteiger charge is 2.33. The molecule has 0 spiro atoms. The highest BCUT2D eigenvalue weighted by Crippen LogP contribution is 2.46. The zero-order valence-electron chi connectivity index (χ0n) is 21.1. The third kappa shape index (κ3) is 4.60. The predicted octanol–water partition coefficient (Wildman–Crippen LogP) is 4.87. The number of rotatable bonds is 8. The molecule has 5 rings (SSSR count). The predicted molar refractivity (Wildman–Crippen MR) is 140 cm³/mol. The van der Waals surface area contributed by atoms with Gasteiger partial charge in [-0.2, -0.15) is 4.52 Å². The number of aromatic nitrogens is 3. The van der Waals surface area contributed by atoms with Gasteiger partial charge in [0.25, 0.3) is 0 Å². The molecule has 1 atom stereocenters.